The number of esters is 1. The van der Waals surface area contributed by atoms with Gasteiger partial charge in [-0.2, -0.15) is 0 Å². The molecule has 1 aliphatic rings. The normalized spacial score (nSPS) is 29.8. The Hall–Kier alpha value is -0.870. The molecule has 0 aromatic rings. The van der Waals surface area contributed by atoms with Gasteiger partial charge in [0.2, 0.25) is 0 Å². The second-order valence-electron chi connectivity index (χ2n) is 4.24. The van der Waals surface area contributed by atoms with E-state index in [1.165, 1.54) is 0 Å². The average molecular weight is 228 g/mol. The van der Waals surface area contributed by atoms with Crippen molar-refractivity contribution in [3.63, 3.8) is 0 Å². The van der Waals surface area contributed by atoms with Gasteiger partial charge in [0.1, 0.15) is 6.61 Å². The van der Waals surface area contributed by atoms with E-state index in [-0.39, 0.29) is 18.7 Å². The summed E-state index contributed by atoms with van der Waals surface area (Å²) in [7, 11) is 0. The maximum absolute atomic E-state index is 11.2. The van der Waals surface area contributed by atoms with E-state index in [9.17, 15) is 4.79 Å². The molecule has 0 bridgehead atoms. The number of carbonyl (C=O) groups is 1. The van der Waals surface area contributed by atoms with Gasteiger partial charge in [-0.3, -0.25) is 0 Å². The van der Waals surface area contributed by atoms with Crippen molar-refractivity contribution in [3.05, 3.63) is 12.2 Å². The van der Waals surface area contributed by atoms with E-state index >= 15 is 0 Å². The molecule has 1 saturated heterocycles. The standard InChI is InChI=1S/C12H20O4/c1-5-12(4)15-7-6-10(16-12)8-14-11(13)9(2)3/h10H,2,5-8H2,1,3-4H3. The lowest BCUT2D eigenvalue weighted by atomic mass is 10.1. The monoisotopic (exact) mass is 228 g/mol. The van der Waals surface area contributed by atoms with E-state index in [2.05, 4.69) is 6.58 Å². The van der Waals surface area contributed by atoms with Gasteiger partial charge in [0, 0.05) is 12.0 Å². The topological polar surface area (TPSA) is 44.8 Å². The van der Waals surface area contributed by atoms with Gasteiger partial charge < -0.3 is 14.2 Å². The largest absolute Gasteiger partial charge is 0.460 e. The van der Waals surface area contributed by atoms with Crippen molar-refractivity contribution in [1.29, 1.82) is 0 Å². The zero-order valence-corrected chi connectivity index (χ0v) is 10.2. The van der Waals surface area contributed by atoms with Crippen molar-refractivity contribution in [2.45, 2.75) is 45.5 Å². The zero-order chi connectivity index (χ0) is 12.2. The molecule has 0 N–H and O–H groups in total. The van der Waals surface area contributed by atoms with Crippen LogP contribution in [0, 0.1) is 0 Å². The van der Waals surface area contributed by atoms with Crippen LogP contribution >= 0.6 is 0 Å². The van der Waals surface area contributed by atoms with Gasteiger partial charge in [-0.25, -0.2) is 4.79 Å². The maximum Gasteiger partial charge on any atom is 0.333 e. The zero-order valence-electron chi connectivity index (χ0n) is 10.2. The van der Waals surface area contributed by atoms with Gasteiger partial charge in [-0.15, -0.1) is 0 Å². The van der Waals surface area contributed by atoms with E-state index < -0.39 is 5.79 Å². The van der Waals surface area contributed by atoms with Crippen molar-refractivity contribution in [2.75, 3.05) is 13.2 Å². The highest BCUT2D eigenvalue weighted by atomic mass is 16.7. The number of rotatable bonds is 4. The van der Waals surface area contributed by atoms with Crippen LogP contribution in [0.15, 0.2) is 12.2 Å². The van der Waals surface area contributed by atoms with Crippen molar-refractivity contribution < 1.29 is 19.0 Å². The molecule has 2 unspecified atom stereocenters. The predicted molar refractivity (Wildman–Crippen MR) is 59.9 cm³/mol. The van der Waals surface area contributed by atoms with E-state index in [0.29, 0.717) is 12.2 Å². The van der Waals surface area contributed by atoms with Gasteiger partial charge in [0.15, 0.2) is 5.79 Å². The Bertz CT molecular complexity index is 274. The molecule has 0 aliphatic carbocycles. The first-order chi connectivity index (χ1) is 7.47. The summed E-state index contributed by atoms with van der Waals surface area (Å²) in [4.78, 5) is 11.2. The first-order valence-corrected chi connectivity index (χ1v) is 5.61. The fourth-order valence-corrected chi connectivity index (χ4v) is 1.45. The fraction of sp³-hybridized carbons (Fsp3) is 0.750. The molecule has 1 rings (SSSR count). The maximum atomic E-state index is 11.2. The van der Waals surface area contributed by atoms with E-state index in [1.807, 2.05) is 13.8 Å². The number of ether oxygens (including phenoxy) is 3. The highest BCUT2D eigenvalue weighted by molar-refractivity contribution is 5.86. The van der Waals surface area contributed by atoms with Gasteiger partial charge in [0.05, 0.1) is 12.7 Å². The van der Waals surface area contributed by atoms with Crippen LogP contribution in [0.5, 0.6) is 0 Å². The van der Waals surface area contributed by atoms with E-state index in [1.54, 1.807) is 6.92 Å². The first kappa shape index (κ1) is 13.2. The third kappa shape index (κ3) is 3.61. The molecule has 16 heavy (non-hydrogen) atoms. The molecule has 1 fully saturated rings. The molecule has 0 saturated carbocycles. The fourth-order valence-electron chi connectivity index (χ4n) is 1.45. The molecule has 1 heterocycles. The Balaban J connectivity index is 2.38. The van der Waals surface area contributed by atoms with Crippen LogP contribution in [0.1, 0.15) is 33.6 Å². The quantitative estimate of drug-likeness (QED) is 0.545. The highest BCUT2D eigenvalue weighted by Gasteiger charge is 2.32. The summed E-state index contributed by atoms with van der Waals surface area (Å²) >= 11 is 0. The van der Waals surface area contributed by atoms with Crippen molar-refractivity contribution in [2.24, 2.45) is 0 Å². The minimum atomic E-state index is -0.543. The van der Waals surface area contributed by atoms with Gasteiger partial charge in [-0.1, -0.05) is 13.5 Å². The minimum absolute atomic E-state index is 0.0815. The lowest BCUT2D eigenvalue weighted by molar-refractivity contribution is -0.289. The van der Waals surface area contributed by atoms with Crippen LogP contribution in [0.25, 0.3) is 0 Å². The Kier molecular flexibility index (Phi) is 4.50. The third-order valence-corrected chi connectivity index (χ3v) is 2.65. The smallest absolute Gasteiger partial charge is 0.333 e. The molecule has 0 spiro atoms. The van der Waals surface area contributed by atoms with Gasteiger partial charge >= 0.3 is 5.97 Å². The van der Waals surface area contributed by atoms with Crippen LogP contribution in [-0.4, -0.2) is 31.1 Å². The highest BCUT2D eigenvalue weighted by Crippen LogP contribution is 2.25. The summed E-state index contributed by atoms with van der Waals surface area (Å²) in [5.41, 5.74) is 0.408. The predicted octanol–water partition coefficient (Wildman–Crippen LogP) is 2.04. The summed E-state index contributed by atoms with van der Waals surface area (Å²) in [6, 6.07) is 0. The summed E-state index contributed by atoms with van der Waals surface area (Å²) in [6.45, 7) is 9.96. The Morgan fingerprint density at radius 2 is 2.31 bits per heavy atom. The van der Waals surface area contributed by atoms with Crippen LogP contribution in [-0.2, 0) is 19.0 Å². The number of carbonyl (C=O) groups excluding carboxylic acids is 1. The molecule has 2 atom stereocenters. The molecule has 0 aromatic carbocycles. The lowest BCUT2D eigenvalue weighted by Gasteiger charge is -2.37. The second-order valence-corrected chi connectivity index (χ2v) is 4.24. The van der Waals surface area contributed by atoms with Crippen molar-refractivity contribution >= 4 is 5.97 Å². The molecule has 4 nitrogen and oxygen atoms in total. The van der Waals surface area contributed by atoms with Crippen LogP contribution in [0.4, 0.5) is 0 Å². The lowest BCUT2D eigenvalue weighted by Crippen LogP contribution is -2.43. The van der Waals surface area contributed by atoms with E-state index in [0.717, 1.165) is 12.8 Å². The molecular weight excluding hydrogens is 208 g/mol. The van der Waals surface area contributed by atoms with Crippen molar-refractivity contribution in [3.8, 4) is 0 Å². The minimum Gasteiger partial charge on any atom is -0.460 e. The molecule has 92 valence electrons. The number of hydrogen-bond donors (Lipinski definition) is 0. The van der Waals surface area contributed by atoms with Gasteiger partial charge in [0.25, 0.3) is 0 Å². The molecular formula is C12H20O4. The van der Waals surface area contributed by atoms with Gasteiger partial charge in [-0.05, 0) is 20.3 Å². The number of hydrogen-bond acceptors (Lipinski definition) is 4. The van der Waals surface area contributed by atoms with Crippen molar-refractivity contribution in [1.82, 2.24) is 0 Å². The summed E-state index contributed by atoms with van der Waals surface area (Å²) < 4.78 is 16.3. The summed E-state index contributed by atoms with van der Waals surface area (Å²) in [6.07, 6.45) is 1.44. The molecule has 1 aliphatic heterocycles. The first-order valence-electron chi connectivity index (χ1n) is 5.61. The SMILES string of the molecule is C=C(C)C(=O)OCC1CCOC(C)(CC)O1. The Morgan fingerprint density at radius 1 is 1.62 bits per heavy atom. The van der Waals surface area contributed by atoms with Crippen LogP contribution < -0.4 is 0 Å². The Morgan fingerprint density at radius 3 is 2.88 bits per heavy atom. The third-order valence-electron chi connectivity index (χ3n) is 2.65. The molecule has 4 heteroatoms. The molecule has 0 amide bonds. The molecule has 0 aromatic heterocycles. The second kappa shape index (κ2) is 5.46. The summed E-state index contributed by atoms with van der Waals surface area (Å²) in [5, 5.41) is 0. The Labute approximate surface area is 96.6 Å². The van der Waals surface area contributed by atoms with E-state index in [4.69, 9.17) is 14.2 Å². The summed E-state index contributed by atoms with van der Waals surface area (Å²) in [5.74, 6) is -0.910. The molecule has 0 radical (unpaired) electrons. The average Bonchev–Trinajstić information content (AvgIpc) is 2.26. The van der Waals surface area contributed by atoms with Crippen LogP contribution in [0.2, 0.25) is 0 Å². The van der Waals surface area contributed by atoms with Crippen LogP contribution in [0.3, 0.4) is 0 Å².